The molecule has 1 aromatic carbocycles. The molecule has 0 aliphatic carbocycles. The second kappa shape index (κ2) is 7.06. The molecule has 0 aliphatic heterocycles. The molecule has 1 aromatic rings. The number of nitrogens with zero attached hydrogens (tertiary/aromatic N) is 1. The molecule has 0 saturated carbocycles. The fraction of sp³-hybridized carbons (Fsp3) is 0.647. The molecule has 0 spiro atoms. The largest absolute Gasteiger partial charge is 0.316 e. The molecule has 2 heteroatoms. The lowest BCUT2D eigenvalue weighted by Gasteiger charge is -2.22. The maximum atomic E-state index is 3.37. The third kappa shape index (κ3) is 5.33. The Morgan fingerprint density at radius 2 is 1.89 bits per heavy atom. The lowest BCUT2D eigenvalue weighted by Crippen LogP contribution is -2.29. The van der Waals surface area contributed by atoms with E-state index in [4.69, 9.17) is 0 Å². The zero-order chi connectivity index (χ0) is 14.5. The topological polar surface area (TPSA) is 15.3 Å². The summed E-state index contributed by atoms with van der Waals surface area (Å²) in [6, 6.07) is 6.91. The maximum Gasteiger partial charge on any atom is 0.0233 e. The number of rotatable bonds is 6. The minimum absolute atomic E-state index is 0.236. The van der Waals surface area contributed by atoms with Crippen molar-refractivity contribution in [1.82, 2.24) is 10.2 Å². The van der Waals surface area contributed by atoms with Crippen LogP contribution in [0.5, 0.6) is 0 Å². The van der Waals surface area contributed by atoms with Crippen molar-refractivity contribution in [3.05, 3.63) is 34.9 Å². The van der Waals surface area contributed by atoms with Crippen LogP contribution in [0.15, 0.2) is 18.2 Å². The van der Waals surface area contributed by atoms with Gasteiger partial charge >= 0.3 is 0 Å². The highest BCUT2D eigenvalue weighted by Gasteiger charge is 2.14. The first-order valence-corrected chi connectivity index (χ1v) is 7.34. The van der Waals surface area contributed by atoms with E-state index >= 15 is 0 Å². The standard InChI is InChI=1S/C17H30N2/c1-7-18-10-11-19(6)13-15-8-9-16(12-14(15)2)17(3,4)5/h8-9,12,18H,7,10-11,13H2,1-6H3. The first-order chi connectivity index (χ1) is 8.84. The molecule has 0 fully saturated rings. The number of hydrogen-bond acceptors (Lipinski definition) is 2. The van der Waals surface area contributed by atoms with E-state index in [9.17, 15) is 0 Å². The van der Waals surface area contributed by atoms with Crippen LogP contribution < -0.4 is 5.32 Å². The number of likely N-dealkylation sites (N-methyl/N-ethyl adjacent to an activating group) is 2. The van der Waals surface area contributed by atoms with Gasteiger partial charge in [0.15, 0.2) is 0 Å². The lowest BCUT2D eigenvalue weighted by atomic mass is 9.85. The molecule has 0 heterocycles. The number of aryl methyl sites for hydroxylation is 1. The van der Waals surface area contributed by atoms with Crippen molar-refractivity contribution in [3.8, 4) is 0 Å². The number of nitrogens with one attached hydrogen (secondary N) is 1. The Bertz CT molecular complexity index is 391. The van der Waals surface area contributed by atoms with Gasteiger partial charge in [0, 0.05) is 19.6 Å². The molecule has 1 rings (SSSR count). The summed E-state index contributed by atoms with van der Waals surface area (Å²) >= 11 is 0. The third-order valence-electron chi connectivity index (χ3n) is 3.57. The monoisotopic (exact) mass is 262 g/mol. The predicted octanol–water partition coefficient (Wildman–Crippen LogP) is 3.33. The number of benzene rings is 1. The molecule has 0 unspecified atom stereocenters. The highest BCUT2D eigenvalue weighted by molar-refractivity contribution is 5.34. The van der Waals surface area contributed by atoms with Crippen LogP contribution in [0.1, 0.15) is 44.4 Å². The van der Waals surface area contributed by atoms with E-state index in [2.05, 4.69) is 70.1 Å². The molecule has 0 atom stereocenters. The van der Waals surface area contributed by atoms with Gasteiger partial charge in [-0.1, -0.05) is 45.9 Å². The summed E-state index contributed by atoms with van der Waals surface area (Å²) in [6.45, 7) is 15.4. The predicted molar refractivity (Wildman–Crippen MR) is 84.8 cm³/mol. The van der Waals surface area contributed by atoms with Crippen LogP contribution in [-0.2, 0) is 12.0 Å². The Hall–Kier alpha value is -0.860. The van der Waals surface area contributed by atoms with Crippen LogP contribution in [-0.4, -0.2) is 31.6 Å². The molecule has 0 saturated heterocycles. The van der Waals surface area contributed by atoms with Crippen molar-refractivity contribution < 1.29 is 0 Å². The first kappa shape index (κ1) is 16.2. The smallest absolute Gasteiger partial charge is 0.0233 e. The highest BCUT2D eigenvalue weighted by Crippen LogP contribution is 2.24. The van der Waals surface area contributed by atoms with Crippen LogP contribution in [0.25, 0.3) is 0 Å². The van der Waals surface area contributed by atoms with Crippen molar-refractivity contribution in [3.63, 3.8) is 0 Å². The summed E-state index contributed by atoms with van der Waals surface area (Å²) in [5, 5.41) is 3.37. The third-order valence-corrected chi connectivity index (χ3v) is 3.57. The van der Waals surface area contributed by atoms with Crippen molar-refractivity contribution in [2.45, 2.75) is 46.6 Å². The van der Waals surface area contributed by atoms with Crippen molar-refractivity contribution in [2.24, 2.45) is 0 Å². The van der Waals surface area contributed by atoms with Crippen LogP contribution >= 0.6 is 0 Å². The SMILES string of the molecule is CCNCCN(C)Cc1ccc(C(C)(C)C)cc1C. The van der Waals surface area contributed by atoms with Crippen molar-refractivity contribution in [1.29, 1.82) is 0 Å². The van der Waals surface area contributed by atoms with Gasteiger partial charge in [-0.15, -0.1) is 0 Å². The Labute approximate surface area is 119 Å². The van der Waals surface area contributed by atoms with E-state index in [1.807, 2.05) is 0 Å². The number of hydrogen-bond donors (Lipinski definition) is 1. The molecule has 108 valence electrons. The minimum atomic E-state index is 0.236. The van der Waals surface area contributed by atoms with E-state index < -0.39 is 0 Å². The fourth-order valence-corrected chi connectivity index (χ4v) is 2.16. The second-order valence-electron chi connectivity index (χ2n) is 6.48. The Morgan fingerprint density at radius 3 is 2.42 bits per heavy atom. The summed E-state index contributed by atoms with van der Waals surface area (Å²) < 4.78 is 0. The van der Waals surface area contributed by atoms with E-state index in [-0.39, 0.29) is 5.41 Å². The molecule has 0 bridgehead atoms. The summed E-state index contributed by atoms with van der Waals surface area (Å²) in [5.74, 6) is 0. The van der Waals surface area contributed by atoms with Gasteiger partial charge in [-0.25, -0.2) is 0 Å². The van der Waals surface area contributed by atoms with Gasteiger partial charge in [-0.2, -0.15) is 0 Å². The van der Waals surface area contributed by atoms with E-state index in [0.717, 1.165) is 26.2 Å². The molecule has 0 aliphatic rings. The molecule has 19 heavy (non-hydrogen) atoms. The molecule has 0 amide bonds. The molecule has 0 aromatic heterocycles. The van der Waals surface area contributed by atoms with Crippen LogP contribution in [0.2, 0.25) is 0 Å². The van der Waals surface area contributed by atoms with Crippen LogP contribution in [0, 0.1) is 6.92 Å². The normalized spacial score (nSPS) is 12.2. The summed E-state index contributed by atoms with van der Waals surface area (Å²) in [4.78, 5) is 2.38. The average molecular weight is 262 g/mol. The average Bonchev–Trinajstić information content (AvgIpc) is 2.31. The zero-order valence-electron chi connectivity index (χ0n) is 13.5. The quantitative estimate of drug-likeness (QED) is 0.791. The van der Waals surface area contributed by atoms with E-state index in [0.29, 0.717) is 0 Å². The molecule has 1 N–H and O–H groups in total. The Kier molecular flexibility index (Phi) is 6.02. The van der Waals surface area contributed by atoms with Gasteiger partial charge < -0.3 is 10.2 Å². The van der Waals surface area contributed by atoms with Crippen LogP contribution in [0.3, 0.4) is 0 Å². The molecule has 2 nitrogen and oxygen atoms in total. The van der Waals surface area contributed by atoms with Crippen molar-refractivity contribution >= 4 is 0 Å². The van der Waals surface area contributed by atoms with Crippen molar-refractivity contribution in [2.75, 3.05) is 26.7 Å². The summed E-state index contributed by atoms with van der Waals surface area (Å²) in [6.07, 6.45) is 0. The van der Waals surface area contributed by atoms with Gasteiger partial charge in [-0.05, 0) is 42.6 Å². The lowest BCUT2D eigenvalue weighted by molar-refractivity contribution is 0.325. The highest BCUT2D eigenvalue weighted by atomic mass is 15.1. The maximum absolute atomic E-state index is 3.37. The second-order valence-corrected chi connectivity index (χ2v) is 6.48. The van der Waals surface area contributed by atoms with Crippen LogP contribution in [0.4, 0.5) is 0 Å². The van der Waals surface area contributed by atoms with E-state index in [1.165, 1.54) is 16.7 Å². The van der Waals surface area contributed by atoms with Gasteiger partial charge in [-0.3, -0.25) is 0 Å². The minimum Gasteiger partial charge on any atom is -0.316 e. The molecular formula is C17H30N2. The Morgan fingerprint density at radius 1 is 1.21 bits per heavy atom. The van der Waals surface area contributed by atoms with Gasteiger partial charge in [0.05, 0.1) is 0 Å². The van der Waals surface area contributed by atoms with Gasteiger partial charge in [0.1, 0.15) is 0 Å². The Balaban J connectivity index is 2.65. The zero-order valence-corrected chi connectivity index (χ0v) is 13.5. The van der Waals surface area contributed by atoms with Gasteiger partial charge in [0.25, 0.3) is 0 Å². The molecule has 0 radical (unpaired) electrons. The fourth-order valence-electron chi connectivity index (χ4n) is 2.16. The summed E-state index contributed by atoms with van der Waals surface area (Å²) in [5.41, 5.74) is 4.50. The summed E-state index contributed by atoms with van der Waals surface area (Å²) in [7, 11) is 2.19. The molecular weight excluding hydrogens is 232 g/mol. The van der Waals surface area contributed by atoms with E-state index in [1.54, 1.807) is 0 Å². The first-order valence-electron chi connectivity index (χ1n) is 7.34. The van der Waals surface area contributed by atoms with Gasteiger partial charge in [0.2, 0.25) is 0 Å².